The van der Waals surface area contributed by atoms with Gasteiger partial charge in [0.15, 0.2) is 0 Å². The quantitative estimate of drug-likeness (QED) is 0.665. The van der Waals surface area contributed by atoms with E-state index in [1.807, 2.05) is 30.3 Å². The van der Waals surface area contributed by atoms with E-state index in [1.165, 1.54) is 5.56 Å². The Morgan fingerprint density at radius 1 is 1.13 bits per heavy atom. The summed E-state index contributed by atoms with van der Waals surface area (Å²) < 4.78 is 0.945. The first-order valence-electron chi connectivity index (χ1n) is 7.50. The van der Waals surface area contributed by atoms with Crippen molar-refractivity contribution in [2.24, 2.45) is 0 Å². The normalized spacial score (nSPS) is 15.3. The zero-order valence-corrected chi connectivity index (χ0v) is 14.7. The van der Waals surface area contributed by atoms with Gasteiger partial charge in [0.25, 0.3) is 11.7 Å². The van der Waals surface area contributed by atoms with E-state index in [0.717, 1.165) is 22.3 Å². The van der Waals surface area contributed by atoms with Crippen LogP contribution in [0.4, 0.5) is 0 Å². The van der Waals surface area contributed by atoms with Crippen molar-refractivity contribution in [1.29, 1.82) is 0 Å². The van der Waals surface area contributed by atoms with Crippen molar-refractivity contribution in [3.05, 3.63) is 69.7 Å². The monoisotopic (exact) mass is 372 g/mol. The van der Waals surface area contributed by atoms with Crippen molar-refractivity contribution in [2.45, 2.75) is 25.8 Å². The summed E-state index contributed by atoms with van der Waals surface area (Å²) in [5.41, 5.74) is 8.68. The molecule has 0 saturated carbocycles. The largest absolute Gasteiger partial charge is 0.299 e. The summed E-state index contributed by atoms with van der Waals surface area (Å²) in [6.45, 7) is 4.28. The summed E-state index contributed by atoms with van der Waals surface area (Å²) >= 11 is 3.37. The van der Waals surface area contributed by atoms with Crippen molar-refractivity contribution in [1.82, 2.24) is 10.9 Å². The van der Waals surface area contributed by atoms with Gasteiger partial charge in [0.1, 0.15) is 5.54 Å². The minimum absolute atomic E-state index is 0.0704. The Bertz CT molecular complexity index is 766. The summed E-state index contributed by atoms with van der Waals surface area (Å²) in [5.74, 6) is 0.648. The van der Waals surface area contributed by atoms with Crippen LogP contribution in [0.5, 0.6) is 0 Å². The second-order valence-electron chi connectivity index (χ2n) is 6.30. The summed E-state index contributed by atoms with van der Waals surface area (Å²) in [6.07, 6.45) is 0.939. The van der Waals surface area contributed by atoms with E-state index in [-0.39, 0.29) is 11.4 Å². The molecule has 5 heteroatoms. The van der Waals surface area contributed by atoms with E-state index in [0.29, 0.717) is 5.56 Å². The maximum absolute atomic E-state index is 12.2. The number of hydrazine groups is 1. The predicted molar refractivity (Wildman–Crippen MR) is 94.0 cm³/mol. The molecule has 0 fully saturated rings. The Hall–Kier alpha value is -2.14. The van der Waals surface area contributed by atoms with Crippen molar-refractivity contribution < 1.29 is 9.79 Å². The fourth-order valence-corrected chi connectivity index (χ4v) is 3.00. The van der Waals surface area contributed by atoms with Gasteiger partial charge in [-0.15, -0.1) is 0 Å². The lowest BCUT2D eigenvalue weighted by molar-refractivity contribution is -0.547. The number of benzene rings is 2. The Morgan fingerprint density at radius 3 is 2.57 bits per heavy atom. The van der Waals surface area contributed by atoms with Crippen LogP contribution in [0.1, 0.15) is 35.3 Å². The second-order valence-corrected chi connectivity index (χ2v) is 7.22. The van der Waals surface area contributed by atoms with E-state index < -0.39 is 0 Å². The van der Waals surface area contributed by atoms with Gasteiger partial charge >= 0.3 is 0 Å². The van der Waals surface area contributed by atoms with Crippen LogP contribution in [0.15, 0.2) is 53.0 Å². The Kier molecular flexibility index (Phi) is 4.22. The molecule has 0 radical (unpaired) electrons. The van der Waals surface area contributed by atoms with Crippen LogP contribution in [0, 0.1) is 0 Å². The molecule has 1 amide bonds. The average Bonchev–Trinajstić information content (AvgIpc) is 2.52. The zero-order valence-electron chi connectivity index (χ0n) is 13.1. The summed E-state index contributed by atoms with van der Waals surface area (Å²) in [5, 5.41) is 0. The van der Waals surface area contributed by atoms with E-state index in [2.05, 4.69) is 51.7 Å². The summed E-state index contributed by atoms with van der Waals surface area (Å²) in [4.78, 5) is 15.7. The molecule has 0 unspecified atom stereocenters. The van der Waals surface area contributed by atoms with E-state index >= 15 is 0 Å². The van der Waals surface area contributed by atoms with Crippen LogP contribution in [0.25, 0.3) is 0 Å². The summed E-state index contributed by atoms with van der Waals surface area (Å²) in [6, 6.07) is 15.5. The number of rotatable bonds is 1. The maximum Gasteiger partial charge on any atom is 0.299 e. The molecule has 4 nitrogen and oxygen atoms in total. The highest BCUT2D eigenvalue weighted by atomic mass is 79.9. The summed E-state index contributed by atoms with van der Waals surface area (Å²) in [7, 11) is 0. The molecule has 3 rings (SSSR count). The molecule has 118 valence electrons. The standard InChI is InChI=1S/C18H18BrN3O/c1-18(2)11-13-5-3-4-6-15(13)16(20-18)21-22-17(23)12-7-9-14(19)10-8-12/h3-10H,11H2,1-2H3,(H,20,21)(H,22,23)/p+1. The van der Waals surface area contributed by atoms with E-state index in [1.54, 1.807) is 12.1 Å². The average molecular weight is 373 g/mol. The van der Waals surface area contributed by atoms with E-state index in [4.69, 9.17) is 0 Å². The Balaban J connectivity index is 1.77. The van der Waals surface area contributed by atoms with Crippen molar-refractivity contribution >= 4 is 27.7 Å². The van der Waals surface area contributed by atoms with Gasteiger partial charge in [0, 0.05) is 16.5 Å². The highest BCUT2D eigenvalue weighted by Crippen LogP contribution is 2.16. The molecule has 2 aromatic carbocycles. The number of amides is 1. The van der Waals surface area contributed by atoms with Gasteiger partial charge in [-0.3, -0.25) is 9.79 Å². The Labute approximate surface area is 144 Å². The number of carbonyl (C=O) groups excluding carboxylic acids is 1. The number of halogens is 1. The molecule has 1 aliphatic rings. The lowest BCUT2D eigenvalue weighted by atomic mass is 9.89. The zero-order chi connectivity index (χ0) is 16.4. The lowest BCUT2D eigenvalue weighted by Crippen LogP contribution is -2.90. The molecule has 0 atom stereocenters. The maximum atomic E-state index is 12.2. The fraction of sp³-hybridized carbons (Fsp3) is 0.222. The van der Waals surface area contributed by atoms with Gasteiger partial charge in [0.2, 0.25) is 0 Å². The molecule has 23 heavy (non-hydrogen) atoms. The first-order chi connectivity index (χ1) is 10.9. The third kappa shape index (κ3) is 3.62. The molecular weight excluding hydrogens is 354 g/mol. The topological polar surface area (TPSA) is 55.1 Å². The Morgan fingerprint density at radius 2 is 1.83 bits per heavy atom. The van der Waals surface area contributed by atoms with Gasteiger partial charge in [-0.25, -0.2) is 0 Å². The molecule has 0 saturated heterocycles. The molecule has 0 aliphatic carbocycles. The number of fused-ring (bicyclic) bond motifs is 1. The van der Waals surface area contributed by atoms with Crippen LogP contribution >= 0.6 is 15.9 Å². The van der Waals surface area contributed by atoms with Gasteiger partial charge in [-0.1, -0.05) is 34.1 Å². The van der Waals surface area contributed by atoms with Crippen LogP contribution < -0.4 is 15.8 Å². The molecule has 0 aromatic heterocycles. The second kappa shape index (κ2) is 6.16. The van der Waals surface area contributed by atoms with Crippen molar-refractivity contribution in [2.75, 3.05) is 0 Å². The van der Waals surface area contributed by atoms with Crippen LogP contribution in [0.2, 0.25) is 0 Å². The lowest BCUT2D eigenvalue weighted by Gasteiger charge is -2.25. The first-order valence-corrected chi connectivity index (χ1v) is 8.29. The van der Waals surface area contributed by atoms with Gasteiger partial charge < -0.3 is 0 Å². The SMILES string of the molecule is CC1(C)Cc2ccccc2C(NNC(=O)c2ccc(Br)cc2)=[NH+]1. The molecule has 0 bridgehead atoms. The molecular formula is C18H19BrN3O+. The highest BCUT2D eigenvalue weighted by molar-refractivity contribution is 9.10. The van der Waals surface area contributed by atoms with Crippen LogP contribution in [-0.2, 0) is 6.42 Å². The fourth-order valence-electron chi connectivity index (χ4n) is 2.74. The third-order valence-electron chi connectivity index (χ3n) is 3.79. The molecule has 2 aromatic rings. The van der Waals surface area contributed by atoms with Crippen LogP contribution in [-0.4, -0.2) is 17.3 Å². The van der Waals surface area contributed by atoms with Gasteiger partial charge in [0.05, 0.1) is 5.56 Å². The van der Waals surface area contributed by atoms with Crippen LogP contribution in [0.3, 0.4) is 0 Å². The molecule has 3 N–H and O–H groups in total. The highest BCUT2D eigenvalue weighted by Gasteiger charge is 2.30. The molecule has 1 aliphatic heterocycles. The minimum Gasteiger partial charge on any atom is -0.267 e. The smallest absolute Gasteiger partial charge is 0.267 e. The number of carbonyl (C=O) groups is 1. The minimum atomic E-state index is -0.173. The first kappa shape index (κ1) is 15.7. The number of hydrogen-bond donors (Lipinski definition) is 3. The van der Waals surface area contributed by atoms with Crippen molar-refractivity contribution in [3.8, 4) is 0 Å². The van der Waals surface area contributed by atoms with E-state index in [9.17, 15) is 4.79 Å². The number of amidine groups is 1. The number of hydrogen-bond acceptors (Lipinski definition) is 2. The third-order valence-corrected chi connectivity index (χ3v) is 4.32. The van der Waals surface area contributed by atoms with Crippen molar-refractivity contribution in [3.63, 3.8) is 0 Å². The molecule has 0 spiro atoms. The number of nitrogens with one attached hydrogen (secondary N) is 3. The predicted octanol–water partition coefficient (Wildman–Crippen LogP) is 1.55. The van der Waals surface area contributed by atoms with Gasteiger partial charge in [-0.2, -0.15) is 10.9 Å². The molecule has 1 heterocycles. The van der Waals surface area contributed by atoms with Gasteiger partial charge in [-0.05, 0) is 49.7 Å².